The van der Waals surface area contributed by atoms with E-state index in [1.54, 1.807) is 19.1 Å². The highest BCUT2D eigenvalue weighted by molar-refractivity contribution is 5.93. The average molecular weight is 444 g/mol. The molecule has 0 radical (unpaired) electrons. The zero-order valence-electron chi connectivity index (χ0n) is 19.7. The summed E-state index contributed by atoms with van der Waals surface area (Å²) in [4.78, 5) is 14.1. The minimum Gasteiger partial charge on any atom is -0.489 e. The van der Waals surface area contributed by atoms with Crippen LogP contribution in [0.3, 0.4) is 0 Å². The molecule has 0 bridgehead atoms. The summed E-state index contributed by atoms with van der Waals surface area (Å²) in [5.41, 5.74) is 1.92. The van der Waals surface area contributed by atoms with Gasteiger partial charge in [0, 0.05) is 58.4 Å². The first-order chi connectivity index (χ1) is 15.1. The van der Waals surface area contributed by atoms with E-state index in [0.29, 0.717) is 44.8 Å². The van der Waals surface area contributed by atoms with Crippen LogP contribution in [0.2, 0.25) is 0 Å². The summed E-state index contributed by atoms with van der Waals surface area (Å²) in [6.45, 7) is 7.61. The number of benzene rings is 2. The van der Waals surface area contributed by atoms with Crippen molar-refractivity contribution in [3.05, 3.63) is 59.4 Å². The summed E-state index contributed by atoms with van der Waals surface area (Å²) >= 11 is 0. The summed E-state index contributed by atoms with van der Waals surface area (Å²) in [5, 5.41) is 0. The molecule has 0 aliphatic carbocycles. The van der Waals surface area contributed by atoms with E-state index in [1.807, 2.05) is 51.1 Å². The molecule has 0 spiro atoms. The van der Waals surface area contributed by atoms with Crippen LogP contribution in [0.1, 0.15) is 51.2 Å². The van der Waals surface area contributed by atoms with Gasteiger partial charge in [-0.1, -0.05) is 32.9 Å². The molecule has 2 aromatic rings. The molecule has 0 N–H and O–H groups in total. The number of ether oxygens (including phenoxy) is 3. The summed E-state index contributed by atoms with van der Waals surface area (Å²) < 4.78 is 31.5. The molecule has 2 aromatic carbocycles. The van der Waals surface area contributed by atoms with Crippen LogP contribution < -0.4 is 9.64 Å². The van der Waals surface area contributed by atoms with Crippen molar-refractivity contribution in [3.8, 4) is 5.75 Å². The lowest BCUT2D eigenvalue weighted by Crippen LogP contribution is -2.35. The van der Waals surface area contributed by atoms with Crippen LogP contribution in [-0.4, -0.2) is 33.3 Å². The standard InChI is InChI=1S/C26H34FNO4/c1-25(2,3)17-24(29)28(4)22-8-6-19(7-9-22)18-32-23-15-20(14-21(27)16-23)26(30-5)10-12-31-13-11-26/h6-9,14-16H,10-13,17-18H2,1-5H3. The van der Waals surface area contributed by atoms with E-state index in [1.165, 1.54) is 12.1 Å². The summed E-state index contributed by atoms with van der Waals surface area (Å²) in [7, 11) is 3.44. The molecule has 32 heavy (non-hydrogen) atoms. The highest BCUT2D eigenvalue weighted by atomic mass is 19.1. The molecule has 1 heterocycles. The topological polar surface area (TPSA) is 48.0 Å². The zero-order chi connectivity index (χ0) is 23.4. The molecule has 1 aliphatic heterocycles. The molecule has 0 aromatic heterocycles. The van der Waals surface area contributed by atoms with Gasteiger partial charge in [0.05, 0.1) is 5.60 Å². The Balaban J connectivity index is 1.67. The maximum Gasteiger partial charge on any atom is 0.227 e. The molecule has 0 atom stereocenters. The van der Waals surface area contributed by atoms with Crippen molar-refractivity contribution in [2.45, 2.75) is 52.2 Å². The van der Waals surface area contributed by atoms with Gasteiger partial charge in [-0.2, -0.15) is 0 Å². The van der Waals surface area contributed by atoms with Gasteiger partial charge in [0.15, 0.2) is 0 Å². The predicted octanol–water partition coefficient (Wildman–Crippen LogP) is 5.46. The molecule has 5 nitrogen and oxygen atoms in total. The number of anilines is 1. The lowest BCUT2D eigenvalue weighted by molar-refractivity contribution is -0.120. The van der Waals surface area contributed by atoms with E-state index in [4.69, 9.17) is 14.2 Å². The van der Waals surface area contributed by atoms with Gasteiger partial charge in [0.1, 0.15) is 18.2 Å². The molecule has 1 aliphatic rings. The lowest BCUT2D eigenvalue weighted by atomic mass is 9.86. The maximum absolute atomic E-state index is 14.3. The van der Waals surface area contributed by atoms with Crippen LogP contribution in [0.5, 0.6) is 5.75 Å². The van der Waals surface area contributed by atoms with Gasteiger partial charge >= 0.3 is 0 Å². The fourth-order valence-corrected chi connectivity index (χ4v) is 3.92. The number of halogens is 1. The fraction of sp³-hybridized carbons (Fsp3) is 0.500. The van der Waals surface area contributed by atoms with E-state index >= 15 is 0 Å². The SMILES string of the molecule is COC1(c2cc(F)cc(OCc3ccc(N(C)C(=O)CC(C)(C)C)cc3)c2)CCOCC1. The van der Waals surface area contributed by atoms with Gasteiger partial charge in [0.25, 0.3) is 0 Å². The molecular weight excluding hydrogens is 409 g/mol. The summed E-state index contributed by atoms with van der Waals surface area (Å²) in [5.74, 6) is 0.188. The highest BCUT2D eigenvalue weighted by Gasteiger charge is 2.35. The van der Waals surface area contributed by atoms with Crippen molar-refractivity contribution in [1.29, 1.82) is 0 Å². The van der Waals surface area contributed by atoms with E-state index < -0.39 is 5.60 Å². The Hall–Kier alpha value is -2.44. The second kappa shape index (κ2) is 10.0. The van der Waals surface area contributed by atoms with Gasteiger partial charge in [-0.25, -0.2) is 4.39 Å². The average Bonchev–Trinajstić information content (AvgIpc) is 2.76. The second-order valence-electron chi connectivity index (χ2n) is 9.63. The molecule has 6 heteroatoms. The Kier molecular flexibility index (Phi) is 7.57. The van der Waals surface area contributed by atoms with Gasteiger partial charge in [-0.05, 0) is 40.8 Å². The number of nitrogens with zero attached hydrogens (tertiary/aromatic N) is 1. The predicted molar refractivity (Wildman–Crippen MR) is 123 cm³/mol. The quantitative estimate of drug-likeness (QED) is 0.570. The fourth-order valence-electron chi connectivity index (χ4n) is 3.92. The Labute approximate surface area is 190 Å². The number of carbonyl (C=O) groups is 1. The largest absolute Gasteiger partial charge is 0.489 e. The number of rotatable bonds is 7. The molecule has 1 amide bonds. The number of hydrogen-bond acceptors (Lipinski definition) is 4. The molecular formula is C26H34FNO4. The Morgan fingerprint density at radius 2 is 1.78 bits per heavy atom. The number of hydrogen-bond donors (Lipinski definition) is 0. The summed E-state index contributed by atoms with van der Waals surface area (Å²) in [6.07, 6.45) is 1.83. The normalized spacial score (nSPS) is 15.9. The van der Waals surface area contributed by atoms with Crippen molar-refractivity contribution in [3.63, 3.8) is 0 Å². The number of amides is 1. The van der Waals surface area contributed by atoms with E-state index in [2.05, 4.69) is 0 Å². The first-order valence-electron chi connectivity index (χ1n) is 11.0. The molecule has 0 saturated carbocycles. The third-order valence-electron chi connectivity index (χ3n) is 5.87. The summed E-state index contributed by atoms with van der Waals surface area (Å²) in [6, 6.07) is 12.4. The van der Waals surface area contributed by atoms with Crippen LogP contribution in [0.4, 0.5) is 10.1 Å². The van der Waals surface area contributed by atoms with Crippen molar-refractivity contribution in [1.82, 2.24) is 0 Å². The van der Waals surface area contributed by atoms with Gasteiger partial charge in [0.2, 0.25) is 5.91 Å². The number of carbonyl (C=O) groups excluding carboxylic acids is 1. The van der Waals surface area contributed by atoms with Crippen molar-refractivity contribution in [2.24, 2.45) is 5.41 Å². The lowest BCUT2D eigenvalue weighted by Gasteiger charge is -2.36. The Morgan fingerprint density at radius 3 is 2.38 bits per heavy atom. The van der Waals surface area contributed by atoms with E-state index in [-0.39, 0.29) is 17.1 Å². The Bertz CT molecular complexity index is 914. The Morgan fingerprint density at radius 1 is 1.12 bits per heavy atom. The third kappa shape index (κ3) is 6.08. The van der Waals surface area contributed by atoms with Gasteiger partial charge in [-0.15, -0.1) is 0 Å². The molecule has 1 saturated heterocycles. The highest BCUT2D eigenvalue weighted by Crippen LogP contribution is 2.37. The molecule has 1 fully saturated rings. The van der Waals surface area contributed by atoms with Crippen molar-refractivity contribution in [2.75, 3.05) is 32.3 Å². The van der Waals surface area contributed by atoms with Crippen molar-refractivity contribution < 1.29 is 23.4 Å². The minimum absolute atomic E-state index is 0.0605. The molecule has 174 valence electrons. The van der Waals surface area contributed by atoms with Crippen LogP contribution in [0, 0.1) is 11.2 Å². The molecule has 0 unspecified atom stereocenters. The monoisotopic (exact) mass is 443 g/mol. The third-order valence-corrected chi connectivity index (χ3v) is 5.87. The van der Waals surface area contributed by atoms with Crippen LogP contribution in [0.15, 0.2) is 42.5 Å². The minimum atomic E-state index is -0.551. The molecule has 3 rings (SSSR count). The first kappa shape index (κ1) is 24.2. The van der Waals surface area contributed by atoms with Gasteiger partial charge in [-0.3, -0.25) is 4.79 Å². The van der Waals surface area contributed by atoms with Crippen LogP contribution in [-0.2, 0) is 26.5 Å². The second-order valence-corrected chi connectivity index (χ2v) is 9.63. The van der Waals surface area contributed by atoms with E-state index in [9.17, 15) is 9.18 Å². The van der Waals surface area contributed by atoms with Crippen molar-refractivity contribution >= 4 is 11.6 Å². The smallest absolute Gasteiger partial charge is 0.227 e. The van der Waals surface area contributed by atoms with Crippen LogP contribution >= 0.6 is 0 Å². The first-order valence-corrected chi connectivity index (χ1v) is 11.0. The maximum atomic E-state index is 14.3. The van der Waals surface area contributed by atoms with E-state index in [0.717, 1.165) is 16.8 Å². The number of methoxy groups -OCH3 is 1. The van der Waals surface area contributed by atoms with Crippen LogP contribution in [0.25, 0.3) is 0 Å². The van der Waals surface area contributed by atoms with Gasteiger partial charge < -0.3 is 19.1 Å². The zero-order valence-corrected chi connectivity index (χ0v) is 19.7.